The number of hydrogen-bond acceptors (Lipinski definition) is 0. The smallest absolute Gasteiger partial charge is 0.102 e. The highest BCUT2D eigenvalue weighted by atomic mass is 79.9. The Morgan fingerprint density at radius 3 is 1.33 bits per heavy atom. The van der Waals surface area contributed by atoms with Gasteiger partial charge >= 0.3 is 0 Å². The van der Waals surface area contributed by atoms with Crippen LogP contribution in [-0.4, -0.2) is 5.31 Å². The van der Waals surface area contributed by atoms with Crippen molar-refractivity contribution in [2.45, 2.75) is 13.8 Å². The second-order valence-electron chi connectivity index (χ2n) is 2.14. The Hall–Kier alpha value is 0.657. The first-order valence-electron chi connectivity index (χ1n) is 2.59. The molecule has 0 amide bonds. The van der Waals surface area contributed by atoms with Crippen LogP contribution in [0.5, 0.6) is 0 Å². The van der Waals surface area contributed by atoms with Crippen LogP contribution in [0.15, 0.2) is 23.6 Å². The molecule has 0 aromatic heterocycles. The number of allylic oxidation sites excluding steroid dienone is 2. The molecule has 0 unspecified atom stereocenters. The fourth-order valence-electron chi connectivity index (χ4n) is 0.364. The molecule has 0 aromatic carbocycles. The summed E-state index contributed by atoms with van der Waals surface area (Å²) in [4.78, 5) is 0. The van der Waals surface area contributed by atoms with Crippen LogP contribution in [0.2, 0.25) is 0 Å². The van der Waals surface area contributed by atoms with Crippen molar-refractivity contribution in [3.8, 4) is 0 Å². The highest BCUT2D eigenvalue weighted by Gasteiger charge is 2.28. The van der Waals surface area contributed by atoms with Gasteiger partial charge in [0.05, 0.1) is 0 Å². The van der Waals surface area contributed by atoms with E-state index in [-0.39, 0.29) is 0 Å². The molecule has 0 aromatic rings. The minimum absolute atomic E-state index is 1.15. The molecule has 3 heteroatoms. The Kier molecular flexibility index (Phi) is 3.40. The molecule has 0 fully saturated rings. The van der Waals surface area contributed by atoms with Crippen LogP contribution >= 0.6 is 30.6 Å². The lowest BCUT2D eigenvalue weighted by Gasteiger charge is -2.16. The molecule has 0 nitrogen and oxygen atoms in total. The van der Waals surface area contributed by atoms with Crippen LogP contribution in [0.25, 0.3) is 0 Å². The van der Waals surface area contributed by atoms with E-state index in [4.69, 9.17) is 0 Å². The molecular formula is C6H10Br2Si. The van der Waals surface area contributed by atoms with Crippen molar-refractivity contribution >= 4 is 35.9 Å². The Morgan fingerprint density at radius 2 is 1.33 bits per heavy atom. The van der Waals surface area contributed by atoms with Crippen molar-refractivity contribution in [2.24, 2.45) is 0 Å². The van der Waals surface area contributed by atoms with Gasteiger partial charge in [-0.3, -0.25) is 0 Å². The third kappa shape index (κ3) is 2.39. The normalized spacial score (nSPS) is 11.1. The highest BCUT2D eigenvalue weighted by Crippen LogP contribution is 2.33. The predicted octanol–water partition coefficient (Wildman–Crippen LogP) is 3.45. The topological polar surface area (TPSA) is 0 Å². The first-order chi connectivity index (χ1) is 3.89. The molecule has 52 valence electrons. The average molecular weight is 270 g/mol. The molecule has 0 radical (unpaired) electrons. The Bertz CT molecular complexity index is 133. The van der Waals surface area contributed by atoms with E-state index < -0.39 is 5.31 Å². The van der Waals surface area contributed by atoms with E-state index in [1.165, 1.54) is 0 Å². The Morgan fingerprint density at radius 1 is 1.11 bits per heavy atom. The summed E-state index contributed by atoms with van der Waals surface area (Å²) in [5, 5.41) is 0.674. The minimum atomic E-state index is -1.62. The molecule has 0 rings (SSSR count). The Labute approximate surface area is 73.2 Å². The van der Waals surface area contributed by atoms with Gasteiger partial charge in [0.25, 0.3) is 0 Å². The van der Waals surface area contributed by atoms with Gasteiger partial charge in [0.2, 0.25) is 5.31 Å². The summed E-state index contributed by atoms with van der Waals surface area (Å²) in [6.07, 6.45) is 0. The SMILES string of the molecule is C=C(C)[Si](Br)(Br)C(=C)C. The van der Waals surface area contributed by atoms with Gasteiger partial charge in [-0.1, -0.05) is 41.0 Å². The van der Waals surface area contributed by atoms with Crippen LogP contribution in [0.1, 0.15) is 13.8 Å². The van der Waals surface area contributed by atoms with Crippen molar-refractivity contribution in [3.05, 3.63) is 23.6 Å². The average Bonchev–Trinajstić information content (AvgIpc) is 1.65. The van der Waals surface area contributed by atoms with Crippen molar-refractivity contribution in [1.29, 1.82) is 0 Å². The molecule has 0 aliphatic heterocycles. The van der Waals surface area contributed by atoms with Crippen LogP contribution in [0.4, 0.5) is 0 Å². The largest absolute Gasteiger partial charge is 0.250 e. The summed E-state index contributed by atoms with van der Waals surface area (Å²) >= 11 is 7.13. The summed E-state index contributed by atoms with van der Waals surface area (Å²) in [5.74, 6) is 0. The van der Waals surface area contributed by atoms with E-state index in [9.17, 15) is 0 Å². The van der Waals surface area contributed by atoms with Gasteiger partial charge in [-0.05, 0) is 13.8 Å². The first-order valence-corrected chi connectivity index (χ1v) is 9.10. The van der Waals surface area contributed by atoms with Gasteiger partial charge in [0.1, 0.15) is 0 Å². The summed E-state index contributed by atoms with van der Waals surface area (Å²) in [7, 11) is 0. The second-order valence-corrected chi connectivity index (χ2v) is 15.3. The Balaban J connectivity index is 4.38. The maximum Gasteiger partial charge on any atom is 0.250 e. The molecule has 0 saturated carbocycles. The fourth-order valence-corrected chi connectivity index (χ4v) is 1.09. The summed E-state index contributed by atoms with van der Waals surface area (Å²) in [6, 6.07) is 0. The molecular weight excluding hydrogens is 260 g/mol. The summed E-state index contributed by atoms with van der Waals surface area (Å²) in [5.41, 5.74) is 0. The minimum Gasteiger partial charge on any atom is -0.102 e. The van der Waals surface area contributed by atoms with Crippen LogP contribution in [0, 0.1) is 0 Å². The van der Waals surface area contributed by atoms with Gasteiger partial charge in [-0.15, -0.1) is 13.2 Å². The number of rotatable bonds is 2. The number of halogens is 2. The second kappa shape index (κ2) is 3.17. The molecule has 9 heavy (non-hydrogen) atoms. The molecule has 0 saturated heterocycles. The van der Waals surface area contributed by atoms with Crippen molar-refractivity contribution in [2.75, 3.05) is 0 Å². The van der Waals surface area contributed by atoms with Crippen molar-refractivity contribution < 1.29 is 0 Å². The van der Waals surface area contributed by atoms with E-state index in [0.717, 1.165) is 10.4 Å². The lowest BCUT2D eigenvalue weighted by atomic mass is 10.7. The third-order valence-electron chi connectivity index (χ3n) is 1.07. The predicted molar refractivity (Wildman–Crippen MR) is 53.2 cm³/mol. The van der Waals surface area contributed by atoms with E-state index in [1.807, 2.05) is 13.8 Å². The zero-order chi connectivity index (χ0) is 7.65. The maximum atomic E-state index is 3.86. The molecule has 0 aliphatic carbocycles. The summed E-state index contributed by atoms with van der Waals surface area (Å²) < 4.78 is 0. The zero-order valence-corrected chi connectivity index (χ0v) is 9.84. The van der Waals surface area contributed by atoms with E-state index in [2.05, 4.69) is 43.7 Å². The van der Waals surface area contributed by atoms with Crippen molar-refractivity contribution in [1.82, 2.24) is 0 Å². The van der Waals surface area contributed by atoms with E-state index >= 15 is 0 Å². The van der Waals surface area contributed by atoms with Gasteiger partial charge in [-0.25, -0.2) is 0 Å². The maximum absolute atomic E-state index is 3.86. The fraction of sp³-hybridized carbons (Fsp3) is 0.333. The van der Waals surface area contributed by atoms with Gasteiger partial charge in [-0.2, -0.15) is 0 Å². The molecule has 0 N–H and O–H groups in total. The monoisotopic (exact) mass is 268 g/mol. The van der Waals surface area contributed by atoms with Crippen LogP contribution < -0.4 is 0 Å². The molecule has 0 spiro atoms. The first kappa shape index (κ1) is 9.66. The summed E-state index contributed by atoms with van der Waals surface area (Å²) in [6.45, 7) is 11.7. The molecule has 0 heterocycles. The highest BCUT2D eigenvalue weighted by molar-refractivity contribution is 9.51. The zero-order valence-electron chi connectivity index (χ0n) is 5.67. The van der Waals surface area contributed by atoms with Crippen LogP contribution in [-0.2, 0) is 0 Å². The van der Waals surface area contributed by atoms with Gasteiger partial charge in [0, 0.05) is 0 Å². The quantitative estimate of drug-likeness (QED) is 0.532. The number of hydrogen-bond donors (Lipinski definition) is 0. The third-order valence-corrected chi connectivity index (χ3v) is 11.3. The van der Waals surface area contributed by atoms with E-state index in [1.54, 1.807) is 0 Å². The van der Waals surface area contributed by atoms with Gasteiger partial charge in [0.15, 0.2) is 0 Å². The molecule has 0 bridgehead atoms. The van der Waals surface area contributed by atoms with Crippen LogP contribution in [0.3, 0.4) is 0 Å². The lowest BCUT2D eigenvalue weighted by molar-refractivity contribution is 1.61. The lowest BCUT2D eigenvalue weighted by Crippen LogP contribution is -2.20. The van der Waals surface area contributed by atoms with Crippen molar-refractivity contribution in [3.63, 3.8) is 0 Å². The van der Waals surface area contributed by atoms with Gasteiger partial charge < -0.3 is 0 Å². The standard InChI is InChI=1S/C6H10Br2Si/c1-5(2)9(7,8)6(3)4/h1,3H2,2,4H3. The molecule has 0 atom stereocenters. The molecule has 0 aliphatic rings. The van der Waals surface area contributed by atoms with E-state index in [0.29, 0.717) is 0 Å².